The maximum absolute atomic E-state index is 12.6. The summed E-state index contributed by atoms with van der Waals surface area (Å²) in [6, 6.07) is 6.73. The van der Waals surface area contributed by atoms with E-state index < -0.39 is 18.4 Å². The molecule has 21 heavy (non-hydrogen) atoms. The zero-order valence-corrected chi connectivity index (χ0v) is 11.5. The zero-order valence-electron chi connectivity index (χ0n) is 11.5. The number of aromatic hydroxyl groups is 1. The van der Waals surface area contributed by atoms with E-state index in [1.165, 1.54) is 16.8 Å². The van der Waals surface area contributed by atoms with Gasteiger partial charge >= 0.3 is 0 Å². The number of nitrogens with zero attached hydrogens (tertiary/aromatic N) is 2. The van der Waals surface area contributed by atoms with Gasteiger partial charge in [0.1, 0.15) is 17.5 Å². The summed E-state index contributed by atoms with van der Waals surface area (Å²) >= 11 is 0. The van der Waals surface area contributed by atoms with Crippen LogP contribution < -0.4 is 5.32 Å². The second-order valence-electron chi connectivity index (χ2n) is 4.64. The van der Waals surface area contributed by atoms with Crippen LogP contribution in [0.15, 0.2) is 30.3 Å². The molecule has 0 saturated carbocycles. The molecule has 0 spiro atoms. The SMILES string of the molecule is Cc1cc(C(F)F)nn1C(C)C(=O)Nc1ccccc1O. The molecule has 7 heteroatoms. The van der Waals surface area contributed by atoms with E-state index in [1.54, 1.807) is 32.0 Å². The molecule has 5 nitrogen and oxygen atoms in total. The quantitative estimate of drug-likeness (QED) is 0.852. The fraction of sp³-hybridized carbons (Fsp3) is 0.286. The van der Waals surface area contributed by atoms with Gasteiger partial charge in [-0.15, -0.1) is 0 Å². The number of nitrogens with one attached hydrogen (secondary N) is 1. The lowest BCUT2D eigenvalue weighted by Crippen LogP contribution is -2.25. The first-order valence-electron chi connectivity index (χ1n) is 6.33. The largest absolute Gasteiger partial charge is 0.506 e. The third-order valence-electron chi connectivity index (χ3n) is 3.07. The monoisotopic (exact) mass is 295 g/mol. The predicted octanol–water partition coefficient (Wildman–Crippen LogP) is 3.03. The van der Waals surface area contributed by atoms with E-state index in [9.17, 15) is 18.7 Å². The Hall–Kier alpha value is -2.44. The molecule has 2 aromatic rings. The molecule has 112 valence electrons. The number of para-hydroxylation sites is 2. The van der Waals surface area contributed by atoms with E-state index in [0.717, 1.165) is 0 Å². The van der Waals surface area contributed by atoms with Gasteiger partial charge in [0.15, 0.2) is 0 Å². The van der Waals surface area contributed by atoms with Gasteiger partial charge in [-0.1, -0.05) is 12.1 Å². The predicted molar refractivity (Wildman–Crippen MR) is 73.4 cm³/mol. The third kappa shape index (κ3) is 3.18. The highest BCUT2D eigenvalue weighted by Gasteiger charge is 2.21. The van der Waals surface area contributed by atoms with Gasteiger partial charge in [0.05, 0.1) is 5.69 Å². The molecule has 0 aliphatic rings. The summed E-state index contributed by atoms with van der Waals surface area (Å²) < 4.78 is 26.5. The van der Waals surface area contributed by atoms with Gasteiger partial charge < -0.3 is 10.4 Å². The van der Waals surface area contributed by atoms with E-state index in [-0.39, 0.29) is 17.1 Å². The van der Waals surface area contributed by atoms with Crippen molar-refractivity contribution in [3.05, 3.63) is 41.7 Å². The number of alkyl halides is 2. The molecule has 0 bridgehead atoms. The average Bonchev–Trinajstić information content (AvgIpc) is 2.82. The smallest absolute Gasteiger partial charge is 0.282 e. The first-order chi connectivity index (χ1) is 9.90. The number of anilines is 1. The highest BCUT2D eigenvalue weighted by atomic mass is 19.3. The average molecular weight is 295 g/mol. The second-order valence-corrected chi connectivity index (χ2v) is 4.64. The summed E-state index contributed by atoms with van der Waals surface area (Å²) in [5.41, 5.74) is 0.355. The molecule has 0 aliphatic heterocycles. The van der Waals surface area contributed by atoms with Crippen LogP contribution in [0.2, 0.25) is 0 Å². The Morgan fingerprint density at radius 3 is 2.62 bits per heavy atom. The van der Waals surface area contributed by atoms with Crippen molar-refractivity contribution in [2.75, 3.05) is 5.32 Å². The van der Waals surface area contributed by atoms with Gasteiger partial charge in [0.2, 0.25) is 5.91 Å². The molecule has 1 aromatic heterocycles. The van der Waals surface area contributed by atoms with E-state index in [0.29, 0.717) is 5.69 Å². The molecule has 2 N–H and O–H groups in total. The molecule has 1 heterocycles. The lowest BCUT2D eigenvalue weighted by Gasteiger charge is -2.15. The second kappa shape index (κ2) is 5.90. The first-order valence-corrected chi connectivity index (χ1v) is 6.33. The number of benzene rings is 1. The fourth-order valence-electron chi connectivity index (χ4n) is 1.94. The molecule has 0 fully saturated rings. The summed E-state index contributed by atoms with van der Waals surface area (Å²) in [4.78, 5) is 12.1. The van der Waals surface area contributed by atoms with Gasteiger partial charge in [0, 0.05) is 5.69 Å². The minimum Gasteiger partial charge on any atom is -0.506 e. The number of aromatic nitrogens is 2. The van der Waals surface area contributed by atoms with Crippen LogP contribution in [0.1, 0.15) is 30.8 Å². The molecular weight excluding hydrogens is 280 g/mol. The Labute approximate surface area is 120 Å². The number of halogens is 2. The summed E-state index contributed by atoms with van der Waals surface area (Å²) in [7, 11) is 0. The molecule has 1 amide bonds. The maximum Gasteiger partial charge on any atom is 0.282 e. The Balaban J connectivity index is 2.18. The van der Waals surface area contributed by atoms with Crippen LogP contribution in [-0.2, 0) is 4.79 Å². The number of aryl methyl sites for hydroxylation is 1. The Morgan fingerprint density at radius 1 is 1.38 bits per heavy atom. The lowest BCUT2D eigenvalue weighted by molar-refractivity contribution is -0.119. The van der Waals surface area contributed by atoms with Crippen molar-refractivity contribution in [3.8, 4) is 5.75 Å². The number of hydrogen-bond donors (Lipinski definition) is 2. The molecular formula is C14H15F2N3O2. The minimum absolute atomic E-state index is 0.0662. The normalized spacial score (nSPS) is 12.4. The molecule has 0 saturated heterocycles. The number of phenolic OH excluding ortho intramolecular Hbond substituents is 1. The standard InChI is InChI=1S/C14H15F2N3O2/c1-8-7-11(13(15)16)18-19(8)9(2)14(21)17-10-5-3-4-6-12(10)20/h3-7,9,13,20H,1-2H3,(H,17,21). The minimum atomic E-state index is -2.68. The van der Waals surface area contributed by atoms with E-state index in [1.807, 2.05) is 0 Å². The molecule has 1 unspecified atom stereocenters. The van der Waals surface area contributed by atoms with Crippen LogP contribution >= 0.6 is 0 Å². The van der Waals surface area contributed by atoms with Crippen LogP contribution in [0.25, 0.3) is 0 Å². The van der Waals surface area contributed by atoms with E-state index in [2.05, 4.69) is 10.4 Å². The van der Waals surface area contributed by atoms with Gasteiger partial charge in [-0.05, 0) is 32.0 Å². The van der Waals surface area contributed by atoms with Crippen LogP contribution in [0.4, 0.5) is 14.5 Å². The van der Waals surface area contributed by atoms with Crippen molar-refractivity contribution < 1.29 is 18.7 Å². The van der Waals surface area contributed by atoms with Crippen LogP contribution in [0, 0.1) is 6.92 Å². The number of amides is 1. The topological polar surface area (TPSA) is 67.2 Å². The number of rotatable bonds is 4. The van der Waals surface area contributed by atoms with Crippen molar-refractivity contribution in [1.29, 1.82) is 0 Å². The molecule has 1 aromatic carbocycles. The first kappa shape index (κ1) is 15.0. The van der Waals surface area contributed by atoms with Gasteiger partial charge in [0.25, 0.3) is 6.43 Å². The Kier molecular flexibility index (Phi) is 4.21. The number of hydrogen-bond acceptors (Lipinski definition) is 3. The highest BCUT2D eigenvalue weighted by Crippen LogP contribution is 2.24. The molecule has 1 atom stereocenters. The van der Waals surface area contributed by atoms with Gasteiger partial charge in [-0.3, -0.25) is 9.48 Å². The summed E-state index contributed by atoms with van der Waals surface area (Å²) in [5, 5.41) is 15.9. The van der Waals surface area contributed by atoms with Crippen molar-refractivity contribution in [2.24, 2.45) is 0 Å². The highest BCUT2D eigenvalue weighted by molar-refractivity contribution is 5.94. The zero-order chi connectivity index (χ0) is 15.6. The third-order valence-corrected chi connectivity index (χ3v) is 3.07. The van der Waals surface area contributed by atoms with Crippen molar-refractivity contribution in [1.82, 2.24) is 9.78 Å². The van der Waals surface area contributed by atoms with Gasteiger partial charge in [-0.25, -0.2) is 8.78 Å². The summed E-state index contributed by atoms with van der Waals surface area (Å²) in [6.07, 6.45) is -2.68. The summed E-state index contributed by atoms with van der Waals surface area (Å²) in [5.74, 6) is -0.521. The molecule has 0 aliphatic carbocycles. The van der Waals surface area contributed by atoms with Crippen molar-refractivity contribution in [3.63, 3.8) is 0 Å². The fourth-order valence-corrected chi connectivity index (χ4v) is 1.94. The van der Waals surface area contributed by atoms with Crippen LogP contribution in [0.3, 0.4) is 0 Å². The molecule has 2 rings (SSSR count). The summed E-state index contributed by atoms with van der Waals surface area (Å²) in [6.45, 7) is 3.15. The van der Waals surface area contributed by atoms with E-state index >= 15 is 0 Å². The number of phenols is 1. The van der Waals surface area contributed by atoms with Crippen LogP contribution in [-0.4, -0.2) is 20.8 Å². The van der Waals surface area contributed by atoms with Gasteiger partial charge in [-0.2, -0.15) is 5.10 Å². The Bertz CT molecular complexity index is 655. The maximum atomic E-state index is 12.6. The lowest BCUT2D eigenvalue weighted by atomic mass is 10.2. The Morgan fingerprint density at radius 2 is 2.05 bits per heavy atom. The number of carbonyl (C=O) groups is 1. The van der Waals surface area contributed by atoms with Crippen LogP contribution in [0.5, 0.6) is 5.75 Å². The molecule has 0 radical (unpaired) electrons. The van der Waals surface area contributed by atoms with Crippen molar-refractivity contribution >= 4 is 11.6 Å². The number of carbonyl (C=O) groups excluding carboxylic acids is 1. The van der Waals surface area contributed by atoms with Crippen molar-refractivity contribution in [2.45, 2.75) is 26.3 Å². The van der Waals surface area contributed by atoms with E-state index in [4.69, 9.17) is 0 Å².